The fourth-order valence-corrected chi connectivity index (χ4v) is 3.31. The Labute approximate surface area is 158 Å². The number of piperazine rings is 1. The molecule has 1 atom stereocenters. The number of rotatable bonds is 4. The first-order valence-electron chi connectivity index (χ1n) is 9.27. The second kappa shape index (κ2) is 8.28. The van der Waals surface area contributed by atoms with E-state index in [4.69, 9.17) is 9.47 Å². The molecular weight excluding hydrogens is 350 g/mol. The van der Waals surface area contributed by atoms with Crippen molar-refractivity contribution in [2.75, 3.05) is 44.2 Å². The Balaban J connectivity index is 1.55. The molecule has 3 rings (SSSR count). The van der Waals surface area contributed by atoms with E-state index in [-0.39, 0.29) is 24.3 Å². The summed E-state index contributed by atoms with van der Waals surface area (Å²) in [4.78, 5) is 41.7. The van der Waals surface area contributed by atoms with E-state index in [9.17, 15) is 14.4 Å². The highest BCUT2D eigenvalue weighted by Gasteiger charge is 2.32. The van der Waals surface area contributed by atoms with Crippen molar-refractivity contribution in [1.29, 1.82) is 0 Å². The molecule has 0 saturated carbocycles. The van der Waals surface area contributed by atoms with Crippen molar-refractivity contribution in [2.45, 2.75) is 26.4 Å². The third-order valence-corrected chi connectivity index (χ3v) is 4.78. The molecule has 0 bridgehead atoms. The quantitative estimate of drug-likeness (QED) is 0.797. The van der Waals surface area contributed by atoms with Gasteiger partial charge in [-0.05, 0) is 26.0 Å². The van der Waals surface area contributed by atoms with Crippen LogP contribution in [-0.2, 0) is 14.3 Å². The van der Waals surface area contributed by atoms with E-state index in [0.29, 0.717) is 50.8 Å². The minimum atomic E-state index is -0.567. The average Bonchev–Trinajstić information content (AvgIpc) is 2.68. The number of fused-ring (bicyclic) bond motifs is 1. The number of ether oxygens (including phenoxy) is 2. The van der Waals surface area contributed by atoms with E-state index in [0.717, 1.165) is 0 Å². The Morgan fingerprint density at radius 1 is 1.15 bits per heavy atom. The maximum Gasteiger partial charge on any atom is 0.409 e. The summed E-state index contributed by atoms with van der Waals surface area (Å²) in [6.45, 7) is 5.99. The van der Waals surface area contributed by atoms with Crippen LogP contribution in [0.1, 0.15) is 20.3 Å². The molecule has 0 N–H and O–H groups in total. The summed E-state index contributed by atoms with van der Waals surface area (Å²) in [5.74, 6) is 0.483. The van der Waals surface area contributed by atoms with E-state index in [1.807, 2.05) is 24.3 Å². The highest BCUT2D eigenvalue weighted by molar-refractivity contribution is 6.00. The zero-order chi connectivity index (χ0) is 19.4. The van der Waals surface area contributed by atoms with Crippen molar-refractivity contribution in [1.82, 2.24) is 9.80 Å². The number of amides is 3. The summed E-state index contributed by atoms with van der Waals surface area (Å²) < 4.78 is 10.6. The summed E-state index contributed by atoms with van der Waals surface area (Å²) >= 11 is 0. The predicted octanol–water partition coefficient (Wildman–Crippen LogP) is 1.49. The van der Waals surface area contributed by atoms with Gasteiger partial charge in [0.25, 0.3) is 5.91 Å². The van der Waals surface area contributed by atoms with Gasteiger partial charge >= 0.3 is 6.09 Å². The number of carbonyl (C=O) groups is 3. The molecule has 1 fully saturated rings. The van der Waals surface area contributed by atoms with Crippen LogP contribution in [0.4, 0.5) is 10.5 Å². The molecule has 0 unspecified atom stereocenters. The Morgan fingerprint density at radius 2 is 1.81 bits per heavy atom. The van der Waals surface area contributed by atoms with Crippen molar-refractivity contribution in [2.24, 2.45) is 0 Å². The summed E-state index contributed by atoms with van der Waals surface area (Å²) in [5.41, 5.74) is 0.695. The highest BCUT2D eigenvalue weighted by Crippen LogP contribution is 2.33. The first-order valence-corrected chi connectivity index (χ1v) is 9.27. The topological polar surface area (TPSA) is 79.4 Å². The molecule has 0 radical (unpaired) electrons. The zero-order valence-electron chi connectivity index (χ0n) is 15.7. The smallest absolute Gasteiger partial charge is 0.409 e. The molecule has 3 amide bonds. The lowest BCUT2D eigenvalue weighted by Gasteiger charge is -2.35. The van der Waals surface area contributed by atoms with Gasteiger partial charge in [0, 0.05) is 39.1 Å². The van der Waals surface area contributed by atoms with Crippen LogP contribution in [0.15, 0.2) is 24.3 Å². The fraction of sp³-hybridized carbons (Fsp3) is 0.526. The molecule has 1 aromatic rings. The lowest BCUT2D eigenvalue weighted by Crippen LogP contribution is -2.51. The van der Waals surface area contributed by atoms with E-state index in [1.165, 1.54) is 0 Å². The van der Waals surface area contributed by atoms with E-state index in [1.54, 1.807) is 28.5 Å². The predicted molar refractivity (Wildman–Crippen MR) is 98.7 cm³/mol. The Kier molecular flexibility index (Phi) is 5.83. The SMILES string of the molecule is CCOC(=O)N1CCN(C(=O)CCN2C(=O)[C@H](C)Oc3ccccc32)CC1. The molecule has 8 nitrogen and oxygen atoms in total. The Hall–Kier alpha value is -2.77. The minimum absolute atomic E-state index is 0.0251. The maximum absolute atomic E-state index is 12.6. The van der Waals surface area contributed by atoms with Crippen molar-refractivity contribution in [3.05, 3.63) is 24.3 Å². The van der Waals surface area contributed by atoms with Gasteiger partial charge < -0.3 is 24.2 Å². The van der Waals surface area contributed by atoms with Gasteiger partial charge in [-0.2, -0.15) is 0 Å². The maximum atomic E-state index is 12.6. The average molecular weight is 375 g/mol. The highest BCUT2D eigenvalue weighted by atomic mass is 16.6. The molecule has 1 saturated heterocycles. The van der Waals surface area contributed by atoms with Gasteiger partial charge in [-0.1, -0.05) is 12.1 Å². The van der Waals surface area contributed by atoms with Crippen LogP contribution in [-0.4, -0.2) is 73.1 Å². The largest absolute Gasteiger partial charge is 0.479 e. The molecule has 2 heterocycles. The minimum Gasteiger partial charge on any atom is -0.479 e. The van der Waals surface area contributed by atoms with Crippen LogP contribution in [0.25, 0.3) is 0 Å². The van der Waals surface area contributed by atoms with Gasteiger partial charge in [0.2, 0.25) is 5.91 Å². The van der Waals surface area contributed by atoms with Crippen LogP contribution in [0.5, 0.6) is 5.75 Å². The fourth-order valence-electron chi connectivity index (χ4n) is 3.31. The van der Waals surface area contributed by atoms with Crippen LogP contribution >= 0.6 is 0 Å². The number of anilines is 1. The zero-order valence-corrected chi connectivity index (χ0v) is 15.7. The van der Waals surface area contributed by atoms with Crippen LogP contribution in [0.3, 0.4) is 0 Å². The summed E-state index contributed by atoms with van der Waals surface area (Å²) in [6, 6.07) is 7.34. The van der Waals surface area contributed by atoms with Gasteiger partial charge in [-0.15, -0.1) is 0 Å². The van der Waals surface area contributed by atoms with E-state index < -0.39 is 6.10 Å². The number of para-hydroxylation sites is 2. The number of carbonyl (C=O) groups excluding carboxylic acids is 3. The second-order valence-corrected chi connectivity index (χ2v) is 6.53. The van der Waals surface area contributed by atoms with Gasteiger partial charge in [0.1, 0.15) is 5.75 Å². The molecular formula is C19H25N3O5. The number of benzene rings is 1. The number of hydrogen-bond acceptors (Lipinski definition) is 5. The summed E-state index contributed by atoms with van der Waals surface area (Å²) in [7, 11) is 0. The molecule has 146 valence electrons. The summed E-state index contributed by atoms with van der Waals surface area (Å²) in [6.07, 6.45) is -0.677. The molecule has 0 aromatic heterocycles. The lowest BCUT2D eigenvalue weighted by molar-refractivity contribution is -0.132. The number of nitrogens with zero attached hydrogens (tertiary/aromatic N) is 3. The molecule has 2 aliphatic heterocycles. The molecule has 2 aliphatic rings. The van der Waals surface area contributed by atoms with Gasteiger partial charge in [-0.25, -0.2) is 4.79 Å². The molecule has 0 aliphatic carbocycles. The normalized spacial score (nSPS) is 19.4. The van der Waals surface area contributed by atoms with Crippen molar-refractivity contribution in [3.8, 4) is 5.75 Å². The first kappa shape index (κ1) is 19.0. The van der Waals surface area contributed by atoms with E-state index >= 15 is 0 Å². The third-order valence-electron chi connectivity index (χ3n) is 4.78. The van der Waals surface area contributed by atoms with E-state index in [2.05, 4.69) is 0 Å². The lowest BCUT2D eigenvalue weighted by atomic mass is 10.1. The van der Waals surface area contributed by atoms with Crippen LogP contribution in [0.2, 0.25) is 0 Å². The molecule has 0 spiro atoms. The van der Waals surface area contributed by atoms with Gasteiger partial charge in [0.05, 0.1) is 12.3 Å². The van der Waals surface area contributed by atoms with Crippen molar-refractivity contribution < 1.29 is 23.9 Å². The molecule has 1 aromatic carbocycles. The third kappa shape index (κ3) is 4.15. The molecule has 27 heavy (non-hydrogen) atoms. The monoisotopic (exact) mass is 375 g/mol. The molecule has 8 heteroatoms. The van der Waals surface area contributed by atoms with Crippen molar-refractivity contribution in [3.63, 3.8) is 0 Å². The Morgan fingerprint density at radius 3 is 2.52 bits per heavy atom. The van der Waals surface area contributed by atoms with Gasteiger partial charge in [0.15, 0.2) is 6.10 Å². The van der Waals surface area contributed by atoms with Crippen LogP contribution in [0, 0.1) is 0 Å². The number of hydrogen-bond donors (Lipinski definition) is 0. The van der Waals surface area contributed by atoms with Crippen LogP contribution < -0.4 is 9.64 Å². The second-order valence-electron chi connectivity index (χ2n) is 6.53. The standard InChI is InChI=1S/C19H25N3O5/c1-3-26-19(25)21-12-10-20(11-13-21)17(23)8-9-22-15-6-4-5-7-16(15)27-14(2)18(22)24/h4-7,14H,3,8-13H2,1-2H3/t14-/m0/s1. The first-order chi connectivity index (χ1) is 13.0. The van der Waals surface area contributed by atoms with Crippen molar-refractivity contribution >= 4 is 23.6 Å². The van der Waals surface area contributed by atoms with Gasteiger partial charge in [-0.3, -0.25) is 9.59 Å². The summed E-state index contributed by atoms with van der Waals surface area (Å²) in [5, 5.41) is 0. The Bertz CT molecular complexity index is 715.